The molecule has 2 amide bonds. The number of amides is 2. The lowest BCUT2D eigenvalue weighted by Crippen LogP contribution is -2.63. The number of methoxy groups -OCH3 is 1. The fraction of sp³-hybridized carbons (Fsp3) is 0.652. The van der Waals surface area contributed by atoms with Gasteiger partial charge in [-0.3, -0.25) is 9.59 Å². The van der Waals surface area contributed by atoms with E-state index in [1.165, 1.54) is 0 Å². The molecule has 4 rings (SSSR count). The van der Waals surface area contributed by atoms with Crippen molar-refractivity contribution in [2.24, 2.45) is 11.3 Å². The van der Waals surface area contributed by atoms with Crippen LogP contribution < -0.4 is 10.1 Å². The van der Waals surface area contributed by atoms with E-state index in [1.807, 2.05) is 23.1 Å². The van der Waals surface area contributed by atoms with Gasteiger partial charge in [-0.15, -0.1) is 0 Å². The molecule has 1 N–H and O–H groups in total. The molecule has 6 nitrogen and oxygen atoms in total. The third kappa shape index (κ3) is 4.42. The van der Waals surface area contributed by atoms with E-state index in [9.17, 15) is 9.59 Å². The van der Waals surface area contributed by atoms with Crippen molar-refractivity contribution < 1.29 is 14.3 Å². The molecule has 158 valence electrons. The number of carbonyl (C=O) groups excluding carboxylic acids is 2. The van der Waals surface area contributed by atoms with Crippen LogP contribution in [0.25, 0.3) is 0 Å². The second-order valence-electron chi connectivity index (χ2n) is 8.92. The molecule has 0 radical (unpaired) electrons. The van der Waals surface area contributed by atoms with Gasteiger partial charge in [0.05, 0.1) is 12.5 Å². The van der Waals surface area contributed by atoms with Gasteiger partial charge < -0.3 is 19.9 Å². The molecule has 29 heavy (non-hydrogen) atoms. The Labute approximate surface area is 173 Å². The van der Waals surface area contributed by atoms with Crippen LogP contribution in [0.2, 0.25) is 0 Å². The number of ether oxygens (including phenoxy) is 1. The molecule has 0 spiro atoms. The summed E-state index contributed by atoms with van der Waals surface area (Å²) in [6.45, 7) is 5.01. The molecule has 0 atom stereocenters. The summed E-state index contributed by atoms with van der Waals surface area (Å²) in [4.78, 5) is 29.3. The summed E-state index contributed by atoms with van der Waals surface area (Å²) in [5.74, 6) is 2.08. The predicted molar refractivity (Wildman–Crippen MR) is 112 cm³/mol. The van der Waals surface area contributed by atoms with E-state index in [-0.39, 0.29) is 5.41 Å². The lowest BCUT2D eigenvalue weighted by atomic mass is 9.74. The highest BCUT2D eigenvalue weighted by Crippen LogP contribution is 2.33. The van der Waals surface area contributed by atoms with Crippen LogP contribution in [0.1, 0.15) is 37.7 Å². The van der Waals surface area contributed by atoms with E-state index >= 15 is 0 Å². The van der Waals surface area contributed by atoms with Gasteiger partial charge >= 0.3 is 0 Å². The number of hydrogen-bond donors (Lipinski definition) is 1. The van der Waals surface area contributed by atoms with Crippen LogP contribution >= 0.6 is 0 Å². The quantitative estimate of drug-likeness (QED) is 0.763. The van der Waals surface area contributed by atoms with Gasteiger partial charge in [0.2, 0.25) is 11.8 Å². The summed E-state index contributed by atoms with van der Waals surface area (Å²) >= 11 is 0. The van der Waals surface area contributed by atoms with Gasteiger partial charge in [-0.1, -0.05) is 12.1 Å². The van der Waals surface area contributed by atoms with Gasteiger partial charge in [-0.2, -0.15) is 0 Å². The number of carbonyl (C=O) groups is 2. The van der Waals surface area contributed by atoms with Gasteiger partial charge in [0.25, 0.3) is 0 Å². The van der Waals surface area contributed by atoms with Gasteiger partial charge in [-0.05, 0) is 55.7 Å². The van der Waals surface area contributed by atoms with Gasteiger partial charge in [0.1, 0.15) is 5.75 Å². The van der Waals surface area contributed by atoms with Crippen molar-refractivity contribution in [2.45, 2.75) is 38.5 Å². The number of nitrogens with zero attached hydrogens (tertiary/aromatic N) is 2. The molecule has 0 unspecified atom stereocenters. The van der Waals surface area contributed by atoms with Crippen LogP contribution in [-0.4, -0.2) is 68.0 Å². The number of piperidine rings is 1. The van der Waals surface area contributed by atoms with E-state index in [2.05, 4.69) is 16.3 Å². The highest BCUT2D eigenvalue weighted by Gasteiger charge is 2.46. The molecule has 3 heterocycles. The zero-order chi connectivity index (χ0) is 20.3. The average Bonchev–Trinajstić information content (AvgIpc) is 3.14. The van der Waals surface area contributed by atoms with Crippen molar-refractivity contribution in [1.29, 1.82) is 0 Å². The minimum atomic E-state index is -0.318. The first-order valence-corrected chi connectivity index (χ1v) is 11.0. The summed E-state index contributed by atoms with van der Waals surface area (Å²) in [6, 6.07) is 8.06. The maximum atomic E-state index is 13.4. The molecular formula is C23H33N3O3. The Morgan fingerprint density at radius 3 is 2.66 bits per heavy atom. The molecule has 3 aliphatic heterocycles. The molecule has 0 bridgehead atoms. The topological polar surface area (TPSA) is 61.9 Å². The SMILES string of the molecule is COc1cccc(CC2(C(=O)N3CCC(CCN4CCCC4=O)CC3)CNC2)c1. The van der Waals surface area contributed by atoms with Crippen molar-refractivity contribution in [3.63, 3.8) is 0 Å². The minimum absolute atomic E-state index is 0.298. The molecular weight excluding hydrogens is 366 g/mol. The second kappa shape index (κ2) is 8.74. The highest BCUT2D eigenvalue weighted by atomic mass is 16.5. The van der Waals surface area contributed by atoms with Gasteiger partial charge in [-0.25, -0.2) is 0 Å². The monoisotopic (exact) mass is 399 g/mol. The normalized spacial score (nSPS) is 21.9. The summed E-state index contributed by atoms with van der Waals surface area (Å²) in [6.07, 6.45) is 5.66. The predicted octanol–water partition coefficient (Wildman–Crippen LogP) is 2.08. The third-order valence-corrected chi connectivity index (χ3v) is 6.94. The van der Waals surface area contributed by atoms with Crippen molar-refractivity contribution in [3.05, 3.63) is 29.8 Å². The number of hydrogen-bond acceptors (Lipinski definition) is 4. The fourth-order valence-corrected chi connectivity index (χ4v) is 4.99. The molecule has 1 aromatic carbocycles. The summed E-state index contributed by atoms with van der Waals surface area (Å²) in [7, 11) is 1.68. The Bertz CT molecular complexity index is 739. The Morgan fingerprint density at radius 2 is 2.03 bits per heavy atom. The average molecular weight is 400 g/mol. The first-order chi connectivity index (χ1) is 14.1. The smallest absolute Gasteiger partial charge is 0.231 e. The van der Waals surface area contributed by atoms with Crippen LogP contribution in [0.15, 0.2) is 24.3 Å². The number of likely N-dealkylation sites (tertiary alicyclic amines) is 2. The molecule has 0 aliphatic carbocycles. The van der Waals surface area contributed by atoms with Crippen molar-refractivity contribution in [1.82, 2.24) is 15.1 Å². The Morgan fingerprint density at radius 1 is 1.24 bits per heavy atom. The Kier molecular flexibility index (Phi) is 6.09. The van der Waals surface area contributed by atoms with Crippen LogP contribution in [0.5, 0.6) is 5.75 Å². The van der Waals surface area contributed by atoms with Gasteiger partial charge in [0, 0.05) is 45.7 Å². The van der Waals surface area contributed by atoms with Crippen LogP contribution in [0.4, 0.5) is 0 Å². The first kappa shape index (κ1) is 20.2. The Hall–Kier alpha value is -2.08. The molecule has 0 saturated carbocycles. The number of nitrogens with one attached hydrogen (secondary N) is 1. The highest BCUT2D eigenvalue weighted by molar-refractivity contribution is 5.85. The lowest BCUT2D eigenvalue weighted by Gasteiger charge is -2.46. The second-order valence-corrected chi connectivity index (χ2v) is 8.92. The molecule has 6 heteroatoms. The Balaban J connectivity index is 1.30. The fourth-order valence-electron chi connectivity index (χ4n) is 4.99. The maximum Gasteiger partial charge on any atom is 0.231 e. The number of rotatable bonds is 7. The molecule has 3 saturated heterocycles. The summed E-state index contributed by atoms with van der Waals surface area (Å²) in [5.41, 5.74) is 0.839. The standard InChI is InChI=1S/C23H33N3O3/c1-29-20-5-2-4-19(14-20)15-23(16-24-17-23)22(28)26-12-8-18(9-13-26)7-11-25-10-3-6-21(25)27/h2,4-5,14,18,24H,3,6-13,15-17H2,1H3. The molecule has 3 fully saturated rings. The largest absolute Gasteiger partial charge is 0.497 e. The first-order valence-electron chi connectivity index (χ1n) is 11.0. The third-order valence-electron chi connectivity index (χ3n) is 6.94. The summed E-state index contributed by atoms with van der Waals surface area (Å²) in [5, 5.41) is 3.32. The molecule has 0 aromatic heterocycles. The van der Waals surface area contributed by atoms with Crippen molar-refractivity contribution >= 4 is 11.8 Å². The number of benzene rings is 1. The van der Waals surface area contributed by atoms with Crippen LogP contribution in [0, 0.1) is 11.3 Å². The molecule has 3 aliphatic rings. The van der Waals surface area contributed by atoms with Crippen molar-refractivity contribution in [3.8, 4) is 5.75 Å². The van der Waals surface area contributed by atoms with Crippen LogP contribution in [-0.2, 0) is 16.0 Å². The van der Waals surface area contributed by atoms with E-state index in [1.54, 1.807) is 7.11 Å². The van der Waals surface area contributed by atoms with Crippen LogP contribution in [0.3, 0.4) is 0 Å². The van der Waals surface area contributed by atoms with E-state index < -0.39 is 0 Å². The van der Waals surface area contributed by atoms with Gasteiger partial charge in [0.15, 0.2) is 0 Å². The summed E-state index contributed by atoms with van der Waals surface area (Å²) < 4.78 is 5.34. The van der Waals surface area contributed by atoms with E-state index in [0.29, 0.717) is 17.7 Å². The zero-order valence-electron chi connectivity index (χ0n) is 17.5. The van der Waals surface area contributed by atoms with E-state index in [0.717, 1.165) is 89.1 Å². The van der Waals surface area contributed by atoms with E-state index in [4.69, 9.17) is 4.74 Å². The van der Waals surface area contributed by atoms with Crippen molar-refractivity contribution in [2.75, 3.05) is 46.4 Å². The minimum Gasteiger partial charge on any atom is -0.497 e. The maximum absolute atomic E-state index is 13.4. The molecule has 1 aromatic rings. The lowest BCUT2D eigenvalue weighted by molar-refractivity contribution is -0.146. The zero-order valence-corrected chi connectivity index (χ0v) is 17.5.